The van der Waals surface area contributed by atoms with E-state index in [1.165, 1.54) is 24.2 Å². The average Bonchev–Trinajstić information content (AvgIpc) is 2.94. The third kappa shape index (κ3) is 3.26. The van der Waals surface area contributed by atoms with Gasteiger partial charge in [-0.2, -0.15) is 0 Å². The highest BCUT2D eigenvalue weighted by Gasteiger charge is 2.29. The first-order chi connectivity index (χ1) is 8.99. The molecule has 1 heterocycles. The van der Waals surface area contributed by atoms with Gasteiger partial charge in [-0.3, -0.25) is 4.79 Å². The summed E-state index contributed by atoms with van der Waals surface area (Å²) in [5, 5.41) is 0.483. The van der Waals surface area contributed by atoms with Gasteiger partial charge in [-0.15, -0.1) is 0 Å². The normalized spacial score (nSPS) is 16.2. The second-order valence-electron chi connectivity index (χ2n) is 5.76. The maximum absolute atomic E-state index is 12.7. The molecule has 106 valence electrons. The topological polar surface area (TPSA) is 59.2 Å². The fourth-order valence-electron chi connectivity index (χ4n) is 2.75. The van der Waals surface area contributed by atoms with Gasteiger partial charge < -0.3 is 10.6 Å². The summed E-state index contributed by atoms with van der Waals surface area (Å²) >= 11 is 1.31. The van der Waals surface area contributed by atoms with Gasteiger partial charge in [-0.25, -0.2) is 4.98 Å². The zero-order chi connectivity index (χ0) is 14.0. The lowest BCUT2D eigenvalue weighted by Crippen LogP contribution is -2.41. The van der Waals surface area contributed by atoms with Gasteiger partial charge in [0.05, 0.1) is 5.69 Å². The molecular weight excluding hydrogens is 258 g/mol. The summed E-state index contributed by atoms with van der Waals surface area (Å²) in [6, 6.07) is 0.401. The molecule has 0 saturated heterocycles. The molecule has 0 bridgehead atoms. The molecule has 1 aromatic heterocycles. The Balaban J connectivity index is 2.21. The van der Waals surface area contributed by atoms with Crippen LogP contribution in [0.2, 0.25) is 0 Å². The van der Waals surface area contributed by atoms with Crippen LogP contribution < -0.4 is 5.73 Å². The molecule has 1 aliphatic carbocycles. The van der Waals surface area contributed by atoms with Crippen molar-refractivity contribution in [3.63, 3.8) is 0 Å². The Morgan fingerprint density at radius 1 is 1.47 bits per heavy atom. The lowest BCUT2D eigenvalue weighted by atomic mass is 10.1. The van der Waals surface area contributed by atoms with Crippen molar-refractivity contribution < 1.29 is 4.79 Å². The number of nitrogens with two attached hydrogens (primary N) is 1. The number of hydrogen-bond acceptors (Lipinski definition) is 4. The minimum absolute atomic E-state index is 0.118. The number of nitrogen functional groups attached to an aromatic ring is 1. The van der Waals surface area contributed by atoms with Crippen LogP contribution in [-0.2, 0) is 0 Å². The standard InChI is InChI=1S/C14H23N3OS/c1-9(2)8-17(11-6-4-5-7-11)13(18)12-10(3)16-14(15)19-12/h9,11H,4-8H2,1-3H3,(H2,15,16). The summed E-state index contributed by atoms with van der Waals surface area (Å²) < 4.78 is 0. The molecule has 0 atom stereocenters. The summed E-state index contributed by atoms with van der Waals surface area (Å²) in [5.41, 5.74) is 6.47. The second-order valence-corrected chi connectivity index (χ2v) is 6.79. The Kier molecular flexibility index (Phi) is 4.45. The third-order valence-electron chi connectivity index (χ3n) is 3.60. The molecule has 19 heavy (non-hydrogen) atoms. The molecule has 1 aliphatic rings. The van der Waals surface area contributed by atoms with E-state index < -0.39 is 0 Å². The van der Waals surface area contributed by atoms with E-state index in [0.29, 0.717) is 22.0 Å². The van der Waals surface area contributed by atoms with Crippen molar-refractivity contribution in [2.75, 3.05) is 12.3 Å². The quantitative estimate of drug-likeness (QED) is 0.922. The lowest BCUT2D eigenvalue weighted by molar-refractivity contribution is 0.0659. The molecule has 5 heteroatoms. The van der Waals surface area contributed by atoms with Crippen molar-refractivity contribution in [3.05, 3.63) is 10.6 Å². The molecule has 1 aromatic rings. The highest BCUT2D eigenvalue weighted by molar-refractivity contribution is 7.17. The molecule has 1 saturated carbocycles. The number of aryl methyl sites for hydroxylation is 1. The van der Waals surface area contributed by atoms with Gasteiger partial charge in [0.25, 0.3) is 5.91 Å². The number of amides is 1. The molecule has 1 fully saturated rings. The molecular formula is C14H23N3OS. The van der Waals surface area contributed by atoms with Gasteiger partial charge >= 0.3 is 0 Å². The van der Waals surface area contributed by atoms with E-state index in [0.717, 1.165) is 25.1 Å². The van der Waals surface area contributed by atoms with Gasteiger partial charge in [0, 0.05) is 12.6 Å². The van der Waals surface area contributed by atoms with Crippen molar-refractivity contribution in [3.8, 4) is 0 Å². The van der Waals surface area contributed by atoms with E-state index in [9.17, 15) is 4.79 Å². The summed E-state index contributed by atoms with van der Waals surface area (Å²) in [5.74, 6) is 0.599. The number of anilines is 1. The zero-order valence-electron chi connectivity index (χ0n) is 12.0. The Labute approximate surface area is 119 Å². The first-order valence-electron chi connectivity index (χ1n) is 7.03. The highest BCUT2D eigenvalue weighted by atomic mass is 32.1. The SMILES string of the molecule is Cc1nc(N)sc1C(=O)N(CC(C)C)C1CCCC1. The minimum atomic E-state index is 0.118. The predicted octanol–water partition coefficient (Wildman–Crippen LogP) is 3.07. The fraction of sp³-hybridized carbons (Fsp3) is 0.714. The molecule has 0 unspecified atom stereocenters. The van der Waals surface area contributed by atoms with Crippen molar-refractivity contribution in [2.45, 2.75) is 52.5 Å². The smallest absolute Gasteiger partial charge is 0.266 e. The van der Waals surface area contributed by atoms with E-state index in [1.807, 2.05) is 6.92 Å². The Morgan fingerprint density at radius 3 is 2.58 bits per heavy atom. The van der Waals surface area contributed by atoms with Crippen LogP contribution in [0.5, 0.6) is 0 Å². The molecule has 0 aliphatic heterocycles. The maximum atomic E-state index is 12.7. The van der Waals surface area contributed by atoms with Crippen LogP contribution in [0.15, 0.2) is 0 Å². The summed E-state index contributed by atoms with van der Waals surface area (Å²) in [6.45, 7) is 7.00. The zero-order valence-corrected chi connectivity index (χ0v) is 12.8. The molecule has 2 rings (SSSR count). The minimum Gasteiger partial charge on any atom is -0.375 e. The van der Waals surface area contributed by atoms with Crippen molar-refractivity contribution in [1.82, 2.24) is 9.88 Å². The van der Waals surface area contributed by atoms with E-state index in [4.69, 9.17) is 5.73 Å². The molecule has 1 amide bonds. The number of rotatable bonds is 4. The Bertz CT molecular complexity index is 450. The maximum Gasteiger partial charge on any atom is 0.266 e. The van der Waals surface area contributed by atoms with Crippen LogP contribution in [0.3, 0.4) is 0 Å². The first-order valence-corrected chi connectivity index (χ1v) is 7.84. The van der Waals surface area contributed by atoms with Gasteiger partial charge in [-0.05, 0) is 25.7 Å². The van der Waals surface area contributed by atoms with E-state index in [2.05, 4.69) is 23.7 Å². The number of carbonyl (C=O) groups is 1. The third-order valence-corrected chi connectivity index (χ3v) is 4.57. The highest BCUT2D eigenvalue weighted by Crippen LogP contribution is 2.28. The molecule has 0 spiro atoms. The van der Waals surface area contributed by atoms with Gasteiger partial charge in [0.2, 0.25) is 0 Å². The number of nitrogens with zero attached hydrogens (tertiary/aromatic N) is 2. The average molecular weight is 281 g/mol. The van der Waals surface area contributed by atoms with Crippen LogP contribution in [0, 0.1) is 12.8 Å². The largest absolute Gasteiger partial charge is 0.375 e. The molecule has 0 radical (unpaired) electrons. The Morgan fingerprint density at radius 2 is 2.11 bits per heavy atom. The van der Waals surface area contributed by atoms with Crippen molar-refractivity contribution in [2.24, 2.45) is 5.92 Å². The summed E-state index contributed by atoms with van der Waals surface area (Å²) in [4.78, 5) is 19.7. The first kappa shape index (κ1) is 14.3. The predicted molar refractivity (Wildman–Crippen MR) is 79.4 cm³/mol. The van der Waals surface area contributed by atoms with Crippen LogP contribution in [0.4, 0.5) is 5.13 Å². The number of hydrogen-bond donors (Lipinski definition) is 1. The summed E-state index contributed by atoms with van der Waals surface area (Å²) in [6.07, 6.45) is 4.73. The van der Waals surface area contributed by atoms with Crippen molar-refractivity contribution in [1.29, 1.82) is 0 Å². The van der Waals surface area contributed by atoms with Crippen LogP contribution in [-0.4, -0.2) is 28.4 Å². The Hall–Kier alpha value is -1.10. The van der Waals surface area contributed by atoms with Gasteiger partial charge in [0.15, 0.2) is 5.13 Å². The molecule has 0 aromatic carbocycles. The monoisotopic (exact) mass is 281 g/mol. The van der Waals surface area contributed by atoms with Crippen LogP contribution in [0.25, 0.3) is 0 Å². The van der Waals surface area contributed by atoms with Crippen molar-refractivity contribution >= 4 is 22.4 Å². The van der Waals surface area contributed by atoms with E-state index in [1.54, 1.807) is 0 Å². The lowest BCUT2D eigenvalue weighted by Gasteiger charge is -2.30. The van der Waals surface area contributed by atoms with E-state index in [-0.39, 0.29) is 5.91 Å². The molecule has 2 N–H and O–H groups in total. The summed E-state index contributed by atoms with van der Waals surface area (Å²) in [7, 11) is 0. The molecule has 4 nitrogen and oxygen atoms in total. The van der Waals surface area contributed by atoms with Gasteiger partial charge in [0.1, 0.15) is 4.88 Å². The fourth-order valence-corrected chi connectivity index (χ4v) is 3.54. The van der Waals surface area contributed by atoms with E-state index >= 15 is 0 Å². The number of carbonyl (C=O) groups excluding carboxylic acids is 1. The van der Waals surface area contributed by atoms with Gasteiger partial charge in [-0.1, -0.05) is 38.0 Å². The van der Waals surface area contributed by atoms with Crippen LogP contribution in [0.1, 0.15) is 54.9 Å². The van der Waals surface area contributed by atoms with Crippen LogP contribution >= 0.6 is 11.3 Å². The number of thiazole rings is 1. The number of aromatic nitrogens is 1. The second kappa shape index (κ2) is 5.90.